The summed E-state index contributed by atoms with van der Waals surface area (Å²) in [5.74, 6) is 0.116. The molecule has 2 aromatic carbocycles. The van der Waals surface area contributed by atoms with Gasteiger partial charge < -0.3 is 14.8 Å². The maximum Gasteiger partial charge on any atom is 0.254 e. The van der Waals surface area contributed by atoms with Crippen molar-refractivity contribution in [2.24, 2.45) is 0 Å². The number of unbranched alkanes of at least 4 members (excludes halogenated alkanes) is 1. The van der Waals surface area contributed by atoms with Crippen molar-refractivity contribution in [1.82, 2.24) is 5.32 Å². The highest BCUT2D eigenvalue weighted by Gasteiger charge is 2.13. The Morgan fingerprint density at radius 3 is 2.72 bits per heavy atom. The third-order valence-electron chi connectivity index (χ3n) is 3.61. The van der Waals surface area contributed by atoms with Crippen molar-refractivity contribution < 1.29 is 18.7 Å². The molecule has 0 aliphatic carbocycles. The monoisotopic (exact) mass is 365 g/mol. The van der Waals surface area contributed by atoms with Gasteiger partial charge in [0.1, 0.15) is 5.82 Å². The third-order valence-corrected chi connectivity index (χ3v) is 3.84. The summed E-state index contributed by atoms with van der Waals surface area (Å²) in [6.45, 7) is 2.95. The number of hydrogen-bond acceptors (Lipinski definition) is 3. The van der Waals surface area contributed by atoms with E-state index in [9.17, 15) is 9.18 Å². The molecule has 1 N–H and O–H groups in total. The van der Waals surface area contributed by atoms with Crippen LogP contribution < -0.4 is 14.8 Å². The molecule has 0 aliphatic rings. The Kier molecular flexibility index (Phi) is 7.07. The molecule has 0 atom stereocenters. The first-order valence-electron chi connectivity index (χ1n) is 8.08. The minimum atomic E-state index is -0.612. The van der Waals surface area contributed by atoms with Gasteiger partial charge >= 0.3 is 0 Å². The van der Waals surface area contributed by atoms with Gasteiger partial charge in [0.15, 0.2) is 11.5 Å². The average Bonchev–Trinajstić information content (AvgIpc) is 2.62. The van der Waals surface area contributed by atoms with Gasteiger partial charge in [-0.15, -0.1) is 0 Å². The van der Waals surface area contributed by atoms with Crippen LogP contribution >= 0.6 is 11.6 Å². The maximum atomic E-state index is 13.7. The second kappa shape index (κ2) is 9.28. The SMILES string of the molecule is CCCCOc1ccc(CNC(=O)c2cc(Cl)ccc2F)cc1OC. The van der Waals surface area contributed by atoms with Gasteiger partial charge in [-0.3, -0.25) is 4.79 Å². The van der Waals surface area contributed by atoms with E-state index in [0.29, 0.717) is 23.1 Å². The number of carbonyl (C=O) groups is 1. The first-order chi connectivity index (χ1) is 12.0. The number of nitrogens with one attached hydrogen (secondary N) is 1. The molecule has 6 heteroatoms. The van der Waals surface area contributed by atoms with Gasteiger partial charge in [-0.1, -0.05) is 31.0 Å². The molecule has 0 saturated heterocycles. The van der Waals surface area contributed by atoms with E-state index < -0.39 is 11.7 Å². The molecule has 2 rings (SSSR count). The lowest BCUT2D eigenvalue weighted by Gasteiger charge is -2.12. The van der Waals surface area contributed by atoms with Gasteiger partial charge in [-0.05, 0) is 42.3 Å². The minimum Gasteiger partial charge on any atom is -0.493 e. The van der Waals surface area contributed by atoms with Crippen molar-refractivity contribution >= 4 is 17.5 Å². The predicted octanol–water partition coefficient (Wildman–Crippen LogP) is 4.60. The smallest absolute Gasteiger partial charge is 0.254 e. The lowest BCUT2D eigenvalue weighted by molar-refractivity contribution is 0.0947. The van der Waals surface area contributed by atoms with Gasteiger partial charge in [0, 0.05) is 11.6 Å². The molecule has 0 spiro atoms. The molecule has 0 fully saturated rings. The van der Waals surface area contributed by atoms with E-state index in [1.807, 2.05) is 6.07 Å². The molecular weight excluding hydrogens is 345 g/mol. The van der Waals surface area contributed by atoms with Crippen LogP contribution in [-0.2, 0) is 6.54 Å². The largest absolute Gasteiger partial charge is 0.493 e. The van der Waals surface area contributed by atoms with Crippen LogP contribution in [0.15, 0.2) is 36.4 Å². The number of amides is 1. The van der Waals surface area contributed by atoms with Crippen molar-refractivity contribution in [1.29, 1.82) is 0 Å². The predicted molar refractivity (Wildman–Crippen MR) is 96.0 cm³/mol. The van der Waals surface area contributed by atoms with Gasteiger partial charge in [-0.25, -0.2) is 4.39 Å². The van der Waals surface area contributed by atoms with Crippen LogP contribution in [0.2, 0.25) is 5.02 Å². The van der Waals surface area contributed by atoms with Crippen LogP contribution in [0, 0.1) is 5.82 Å². The van der Waals surface area contributed by atoms with E-state index in [2.05, 4.69) is 12.2 Å². The van der Waals surface area contributed by atoms with Crippen LogP contribution in [0.5, 0.6) is 11.5 Å². The van der Waals surface area contributed by atoms with Crippen LogP contribution in [0.3, 0.4) is 0 Å². The Bertz CT molecular complexity index is 737. The average molecular weight is 366 g/mol. The highest BCUT2D eigenvalue weighted by atomic mass is 35.5. The Labute approximate surface area is 151 Å². The van der Waals surface area contributed by atoms with E-state index in [4.69, 9.17) is 21.1 Å². The zero-order valence-electron chi connectivity index (χ0n) is 14.3. The quantitative estimate of drug-likeness (QED) is 0.695. The molecule has 0 heterocycles. The summed E-state index contributed by atoms with van der Waals surface area (Å²) < 4.78 is 24.7. The Morgan fingerprint density at radius 2 is 2.00 bits per heavy atom. The van der Waals surface area contributed by atoms with Crippen LogP contribution in [0.25, 0.3) is 0 Å². The summed E-state index contributed by atoms with van der Waals surface area (Å²) in [6.07, 6.45) is 2.01. The number of ether oxygens (including phenoxy) is 2. The lowest BCUT2D eigenvalue weighted by atomic mass is 10.1. The molecule has 0 radical (unpaired) electrons. The topological polar surface area (TPSA) is 47.6 Å². The van der Waals surface area contributed by atoms with Crippen molar-refractivity contribution in [2.45, 2.75) is 26.3 Å². The summed E-state index contributed by atoms with van der Waals surface area (Å²) in [7, 11) is 1.56. The van der Waals surface area contributed by atoms with Crippen LogP contribution in [0.4, 0.5) is 4.39 Å². The fraction of sp³-hybridized carbons (Fsp3) is 0.316. The Hall–Kier alpha value is -2.27. The zero-order chi connectivity index (χ0) is 18.2. The summed E-state index contributed by atoms with van der Waals surface area (Å²) in [5, 5.41) is 2.98. The second-order valence-corrected chi connectivity index (χ2v) is 5.93. The van der Waals surface area contributed by atoms with Crippen LogP contribution in [0.1, 0.15) is 35.7 Å². The highest BCUT2D eigenvalue weighted by molar-refractivity contribution is 6.31. The Balaban J connectivity index is 2.02. The van der Waals surface area contributed by atoms with E-state index in [1.165, 1.54) is 18.2 Å². The zero-order valence-corrected chi connectivity index (χ0v) is 15.0. The standard InChI is InChI=1S/C19H21ClFNO3/c1-3-4-9-25-17-8-5-13(10-18(17)24-2)12-22-19(23)15-11-14(20)6-7-16(15)21/h5-8,10-11H,3-4,9,12H2,1-2H3,(H,22,23). The van der Waals surface area contributed by atoms with Gasteiger partial charge in [0.05, 0.1) is 19.3 Å². The number of hydrogen-bond donors (Lipinski definition) is 1. The lowest BCUT2D eigenvalue weighted by Crippen LogP contribution is -2.23. The molecule has 4 nitrogen and oxygen atoms in total. The third kappa shape index (κ3) is 5.36. The molecule has 0 aromatic heterocycles. The first kappa shape index (κ1) is 19.1. The van der Waals surface area contributed by atoms with Crippen LogP contribution in [-0.4, -0.2) is 19.6 Å². The van der Waals surface area contributed by atoms with Crippen molar-refractivity contribution in [2.75, 3.05) is 13.7 Å². The number of halogens is 2. The molecule has 0 saturated carbocycles. The van der Waals surface area contributed by atoms with Crippen molar-refractivity contribution in [3.8, 4) is 11.5 Å². The summed E-state index contributed by atoms with van der Waals surface area (Å²) in [4.78, 5) is 12.1. The molecule has 2 aromatic rings. The van der Waals surface area contributed by atoms with Crippen molar-refractivity contribution in [3.63, 3.8) is 0 Å². The maximum absolute atomic E-state index is 13.7. The minimum absolute atomic E-state index is 0.0843. The summed E-state index contributed by atoms with van der Waals surface area (Å²) in [5.41, 5.74) is 0.731. The first-order valence-corrected chi connectivity index (χ1v) is 8.46. The van der Waals surface area contributed by atoms with E-state index >= 15 is 0 Å². The van der Waals surface area contributed by atoms with Gasteiger partial charge in [-0.2, -0.15) is 0 Å². The molecule has 134 valence electrons. The number of benzene rings is 2. The number of rotatable bonds is 8. The van der Waals surface area contributed by atoms with E-state index in [1.54, 1.807) is 19.2 Å². The molecule has 25 heavy (non-hydrogen) atoms. The second-order valence-electron chi connectivity index (χ2n) is 5.49. The fourth-order valence-corrected chi connectivity index (χ4v) is 2.39. The molecule has 0 bridgehead atoms. The molecule has 0 unspecified atom stereocenters. The molecule has 0 aliphatic heterocycles. The van der Waals surface area contributed by atoms with Gasteiger partial charge in [0.2, 0.25) is 0 Å². The summed E-state index contributed by atoms with van der Waals surface area (Å²) in [6, 6.07) is 9.29. The van der Waals surface area contributed by atoms with Gasteiger partial charge in [0.25, 0.3) is 5.91 Å². The van der Waals surface area contributed by atoms with E-state index in [0.717, 1.165) is 18.4 Å². The fourth-order valence-electron chi connectivity index (χ4n) is 2.22. The molecule has 1 amide bonds. The highest BCUT2D eigenvalue weighted by Crippen LogP contribution is 2.28. The molecular formula is C19H21ClFNO3. The number of methoxy groups -OCH3 is 1. The normalized spacial score (nSPS) is 10.4. The Morgan fingerprint density at radius 1 is 1.20 bits per heavy atom. The number of carbonyl (C=O) groups excluding carboxylic acids is 1. The van der Waals surface area contributed by atoms with E-state index in [-0.39, 0.29) is 12.1 Å². The summed E-state index contributed by atoms with van der Waals surface area (Å²) >= 11 is 5.81. The van der Waals surface area contributed by atoms with Crippen molar-refractivity contribution in [3.05, 3.63) is 58.4 Å².